The van der Waals surface area contributed by atoms with Gasteiger partial charge in [0, 0.05) is 12.0 Å². The first-order valence-corrected chi connectivity index (χ1v) is 10.3. The summed E-state index contributed by atoms with van der Waals surface area (Å²) in [4.78, 5) is 29.2. The zero-order chi connectivity index (χ0) is 18.4. The summed E-state index contributed by atoms with van der Waals surface area (Å²) in [5.74, 6) is 0.0299. The SMILES string of the molecule is NCCCCC(NCC1(C=O)CCCC1)C(=O)c1nc2ccccc2s1. The second-order valence-corrected chi connectivity index (χ2v) is 8.29. The van der Waals surface area contributed by atoms with Gasteiger partial charge in [-0.1, -0.05) is 31.4 Å². The highest BCUT2D eigenvalue weighted by atomic mass is 32.1. The molecule has 1 unspecified atom stereocenters. The lowest BCUT2D eigenvalue weighted by Crippen LogP contribution is -2.43. The van der Waals surface area contributed by atoms with Crippen molar-refractivity contribution in [2.24, 2.45) is 11.1 Å². The fourth-order valence-corrected chi connectivity index (χ4v) is 4.65. The molecule has 140 valence electrons. The number of para-hydroxylation sites is 1. The molecular formula is C20H27N3O2S. The van der Waals surface area contributed by atoms with Crippen LogP contribution in [0, 0.1) is 5.41 Å². The Labute approximate surface area is 158 Å². The number of fused-ring (bicyclic) bond motifs is 1. The Hall–Kier alpha value is -1.63. The van der Waals surface area contributed by atoms with Gasteiger partial charge in [0.05, 0.1) is 16.3 Å². The van der Waals surface area contributed by atoms with Gasteiger partial charge >= 0.3 is 0 Å². The molecule has 0 bridgehead atoms. The summed E-state index contributed by atoms with van der Waals surface area (Å²) in [6.07, 6.45) is 7.59. The van der Waals surface area contributed by atoms with E-state index in [1.807, 2.05) is 24.3 Å². The van der Waals surface area contributed by atoms with E-state index in [2.05, 4.69) is 10.3 Å². The lowest BCUT2D eigenvalue weighted by atomic mass is 9.87. The Bertz CT molecular complexity index is 719. The van der Waals surface area contributed by atoms with Gasteiger partial charge in [-0.2, -0.15) is 0 Å². The van der Waals surface area contributed by atoms with Crippen LogP contribution in [0.15, 0.2) is 24.3 Å². The van der Waals surface area contributed by atoms with E-state index in [1.165, 1.54) is 11.3 Å². The molecule has 6 heteroatoms. The summed E-state index contributed by atoms with van der Waals surface area (Å²) in [5.41, 5.74) is 6.16. The molecule has 3 rings (SSSR count). The average Bonchev–Trinajstić information content (AvgIpc) is 3.31. The van der Waals surface area contributed by atoms with Gasteiger partial charge in [-0.15, -0.1) is 11.3 Å². The zero-order valence-electron chi connectivity index (χ0n) is 15.1. The van der Waals surface area contributed by atoms with Crippen molar-refractivity contribution in [3.63, 3.8) is 0 Å². The second kappa shape index (κ2) is 8.84. The minimum Gasteiger partial charge on any atom is -0.330 e. The molecule has 1 aromatic heterocycles. The normalized spacial score (nSPS) is 17.4. The van der Waals surface area contributed by atoms with E-state index in [1.54, 1.807) is 0 Å². The lowest BCUT2D eigenvalue weighted by molar-refractivity contribution is -0.115. The smallest absolute Gasteiger partial charge is 0.208 e. The molecule has 1 aliphatic rings. The van der Waals surface area contributed by atoms with Crippen molar-refractivity contribution in [3.8, 4) is 0 Å². The molecule has 1 aromatic carbocycles. The Morgan fingerprint density at radius 3 is 2.77 bits per heavy atom. The predicted octanol–water partition coefficient (Wildman–Crippen LogP) is 3.33. The number of nitrogens with one attached hydrogen (secondary N) is 1. The van der Waals surface area contributed by atoms with E-state index in [-0.39, 0.29) is 17.2 Å². The Balaban J connectivity index is 1.73. The number of thiazole rings is 1. The predicted molar refractivity (Wildman–Crippen MR) is 106 cm³/mol. The number of carbonyl (C=O) groups is 2. The number of aldehydes is 1. The minimum atomic E-state index is -0.306. The number of nitrogens with zero attached hydrogens (tertiary/aromatic N) is 1. The van der Waals surface area contributed by atoms with E-state index in [9.17, 15) is 9.59 Å². The van der Waals surface area contributed by atoms with Gasteiger partial charge < -0.3 is 15.8 Å². The first-order chi connectivity index (χ1) is 12.7. The van der Waals surface area contributed by atoms with Crippen LogP contribution in [0.5, 0.6) is 0 Å². The Kier molecular flexibility index (Phi) is 6.51. The molecule has 1 saturated carbocycles. The van der Waals surface area contributed by atoms with E-state index in [0.29, 0.717) is 18.1 Å². The van der Waals surface area contributed by atoms with Gasteiger partial charge in [-0.05, 0) is 44.4 Å². The fraction of sp³-hybridized carbons (Fsp3) is 0.550. The molecule has 1 heterocycles. The largest absolute Gasteiger partial charge is 0.330 e. The average molecular weight is 374 g/mol. The third-order valence-corrected chi connectivity index (χ3v) is 6.37. The number of hydrogen-bond acceptors (Lipinski definition) is 6. The van der Waals surface area contributed by atoms with Crippen molar-refractivity contribution >= 4 is 33.6 Å². The van der Waals surface area contributed by atoms with Crippen molar-refractivity contribution in [3.05, 3.63) is 29.3 Å². The summed E-state index contributed by atoms with van der Waals surface area (Å²) in [5, 5.41) is 3.94. The van der Waals surface area contributed by atoms with E-state index >= 15 is 0 Å². The number of ketones is 1. The molecular weight excluding hydrogens is 346 g/mol. The van der Waals surface area contributed by atoms with Crippen LogP contribution in [-0.4, -0.2) is 36.2 Å². The molecule has 3 N–H and O–H groups in total. The number of carbonyl (C=O) groups excluding carboxylic acids is 2. The number of nitrogens with two attached hydrogens (primary N) is 1. The lowest BCUT2D eigenvalue weighted by Gasteiger charge is -2.25. The number of aromatic nitrogens is 1. The van der Waals surface area contributed by atoms with E-state index in [4.69, 9.17) is 5.73 Å². The molecule has 0 radical (unpaired) electrons. The summed E-state index contributed by atoms with van der Waals surface area (Å²) in [6, 6.07) is 7.50. The molecule has 0 saturated heterocycles. The molecule has 0 amide bonds. The first kappa shape index (κ1) is 19.1. The highest BCUT2D eigenvalue weighted by Gasteiger charge is 2.35. The number of hydrogen-bond donors (Lipinski definition) is 2. The van der Waals surface area contributed by atoms with Crippen molar-refractivity contribution in [2.45, 2.75) is 51.0 Å². The van der Waals surface area contributed by atoms with Crippen LogP contribution in [0.3, 0.4) is 0 Å². The number of benzene rings is 1. The van der Waals surface area contributed by atoms with Crippen molar-refractivity contribution < 1.29 is 9.59 Å². The van der Waals surface area contributed by atoms with Crippen LogP contribution < -0.4 is 11.1 Å². The van der Waals surface area contributed by atoms with Gasteiger partial charge in [0.15, 0.2) is 5.01 Å². The van der Waals surface area contributed by atoms with Gasteiger partial charge in [-0.3, -0.25) is 4.79 Å². The summed E-state index contributed by atoms with van der Waals surface area (Å²) >= 11 is 1.44. The second-order valence-electron chi connectivity index (χ2n) is 7.26. The van der Waals surface area contributed by atoms with Gasteiger partial charge in [0.2, 0.25) is 5.78 Å². The van der Waals surface area contributed by atoms with Crippen LogP contribution in [0.4, 0.5) is 0 Å². The van der Waals surface area contributed by atoms with E-state index < -0.39 is 0 Å². The van der Waals surface area contributed by atoms with Crippen LogP contribution in [0.2, 0.25) is 0 Å². The van der Waals surface area contributed by atoms with Gasteiger partial charge in [-0.25, -0.2) is 4.98 Å². The zero-order valence-corrected chi connectivity index (χ0v) is 15.9. The first-order valence-electron chi connectivity index (χ1n) is 9.47. The minimum absolute atomic E-state index is 0.0299. The van der Waals surface area contributed by atoms with Crippen molar-refractivity contribution in [1.29, 1.82) is 0 Å². The molecule has 26 heavy (non-hydrogen) atoms. The molecule has 5 nitrogen and oxygen atoms in total. The standard InChI is InChI=1S/C20H27N3O2S/c21-12-6-3-8-16(22-13-20(14-24)10-4-5-11-20)18(25)19-23-15-7-1-2-9-17(15)26-19/h1-2,7,9,14,16,22H,3-6,8,10-13,21H2. The maximum absolute atomic E-state index is 13.1. The Morgan fingerprint density at radius 1 is 1.31 bits per heavy atom. The third-order valence-electron chi connectivity index (χ3n) is 5.32. The summed E-state index contributed by atoms with van der Waals surface area (Å²) in [7, 11) is 0. The molecule has 0 aliphatic heterocycles. The highest BCUT2D eigenvalue weighted by Crippen LogP contribution is 2.35. The topological polar surface area (TPSA) is 85.1 Å². The highest BCUT2D eigenvalue weighted by molar-refractivity contribution is 7.20. The molecule has 2 aromatic rings. The molecule has 1 fully saturated rings. The fourth-order valence-electron chi connectivity index (χ4n) is 3.69. The van der Waals surface area contributed by atoms with Crippen LogP contribution >= 0.6 is 11.3 Å². The molecule has 0 spiro atoms. The molecule has 1 atom stereocenters. The molecule has 1 aliphatic carbocycles. The summed E-state index contributed by atoms with van der Waals surface area (Å²) < 4.78 is 1.02. The maximum Gasteiger partial charge on any atom is 0.208 e. The van der Waals surface area contributed by atoms with E-state index in [0.717, 1.165) is 61.4 Å². The van der Waals surface area contributed by atoms with Gasteiger partial charge in [0.25, 0.3) is 0 Å². The number of rotatable bonds is 10. The van der Waals surface area contributed by atoms with Gasteiger partial charge in [0.1, 0.15) is 6.29 Å². The van der Waals surface area contributed by atoms with Crippen molar-refractivity contribution in [2.75, 3.05) is 13.1 Å². The quantitative estimate of drug-likeness (QED) is 0.379. The van der Waals surface area contributed by atoms with Crippen LogP contribution in [-0.2, 0) is 4.79 Å². The van der Waals surface area contributed by atoms with Crippen molar-refractivity contribution in [1.82, 2.24) is 10.3 Å². The number of unbranched alkanes of at least 4 members (excludes halogenated alkanes) is 1. The maximum atomic E-state index is 13.1. The number of Topliss-reactive ketones (excluding diaryl/α,β-unsaturated/α-hetero) is 1. The van der Waals surface area contributed by atoms with Crippen LogP contribution in [0.25, 0.3) is 10.2 Å². The monoisotopic (exact) mass is 373 g/mol. The summed E-state index contributed by atoms with van der Waals surface area (Å²) in [6.45, 7) is 1.20. The Morgan fingerprint density at radius 2 is 2.08 bits per heavy atom. The van der Waals surface area contributed by atoms with Crippen LogP contribution in [0.1, 0.15) is 54.7 Å². The third kappa shape index (κ3) is 4.37.